The number of benzene rings is 2. The van der Waals surface area contributed by atoms with Gasteiger partial charge in [0.2, 0.25) is 0 Å². The van der Waals surface area contributed by atoms with E-state index in [1.165, 1.54) is 17.7 Å². The van der Waals surface area contributed by atoms with Gasteiger partial charge in [-0.3, -0.25) is 0 Å². The van der Waals surface area contributed by atoms with E-state index in [1.54, 1.807) is 0 Å². The Balaban J connectivity index is 2.08. The molecule has 2 atom stereocenters. The quantitative estimate of drug-likeness (QED) is 0.835. The maximum absolute atomic E-state index is 12.9. The molecular formula is C16H17BrFN. The van der Waals surface area contributed by atoms with Gasteiger partial charge in [-0.2, -0.15) is 0 Å². The van der Waals surface area contributed by atoms with Gasteiger partial charge < -0.3 is 5.32 Å². The van der Waals surface area contributed by atoms with Gasteiger partial charge in [0.15, 0.2) is 0 Å². The van der Waals surface area contributed by atoms with E-state index < -0.39 is 0 Å². The van der Waals surface area contributed by atoms with E-state index in [1.807, 2.05) is 30.3 Å². The van der Waals surface area contributed by atoms with Crippen molar-refractivity contribution in [2.45, 2.75) is 25.9 Å². The van der Waals surface area contributed by atoms with Crippen molar-refractivity contribution in [1.29, 1.82) is 0 Å². The highest BCUT2D eigenvalue weighted by atomic mass is 79.9. The lowest BCUT2D eigenvalue weighted by Crippen LogP contribution is -2.22. The fourth-order valence-corrected chi connectivity index (χ4v) is 2.77. The topological polar surface area (TPSA) is 12.0 Å². The van der Waals surface area contributed by atoms with E-state index >= 15 is 0 Å². The normalized spacial score (nSPS) is 14.1. The molecule has 0 heterocycles. The highest BCUT2D eigenvalue weighted by Crippen LogP contribution is 2.25. The zero-order valence-corrected chi connectivity index (χ0v) is 12.6. The van der Waals surface area contributed by atoms with Crippen molar-refractivity contribution in [3.63, 3.8) is 0 Å². The predicted molar refractivity (Wildman–Crippen MR) is 80.5 cm³/mol. The summed E-state index contributed by atoms with van der Waals surface area (Å²) in [5, 5.41) is 3.52. The summed E-state index contributed by atoms with van der Waals surface area (Å²) in [5.41, 5.74) is 2.30. The van der Waals surface area contributed by atoms with Crippen LogP contribution in [0.15, 0.2) is 53.0 Å². The van der Waals surface area contributed by atoms with Crippen LogP contribution in [-0.2, 0) is 0 Å². The zero-order valence-electron chi connectivity index (χ0n) is 11.0. The first-order valence-corrected chi connectivity index (χ1v) is 7.13. The summed E-state index contributed by atoms with van der Waals surface area (Å²) in [6, 6.07) is 15.2. The monoisotopic (exact) mass is 321 g/mol. The van der Waals surface area contributed by atoms with Gasteiger partial charge >= 0.3 is 0 Å². The van der Waals surface area contributed by atoms with Gasteiger partial charge in [-0.15, -0.1) is 0 Å². The largest absolute Gasteiger partial charge is 0.304 e. The van der Waals surface area contributed by atoms with Crippen molar-refractivity contribution in [3.8, 4) is 0 Å². The van der Waals surface area contributed by atoms with E-state index in [2.05, 4.69) is 41.2 Å². The summed E-state index contributed by atoms with van der Waals surface area (Å²) < 4.78 is 14.0. The average molecular weight is 322 g/mol. The van der Waals surface area contributed by atoms with Crippen LogP contribution in [0.1, 0.15) is 37.1 Å². The zero-order chi connectivity index (χ0) is 13.8. The lowest BCUT2D eigenvalue weighted by molar-refractivity contribution is 0.492. The van der Waals surface area contributed by atoms with Gasteiger partial charge in [-0.05, 0) is 43.2 Å². The Kier molecular flexibility index (Phi) is 4.72. The van der Waals surface area contributed by atoms with Gasteiger partial charge in [0, 0.05) is 16.6 Å². The molecule has 0 aliphatic carbocycles. The molecule has 2 aromatic carbocycles. The first-order valence-electron chi connectivity index (χ1n) is 6.34. The van der Waals surface area contributed by atoms with Crippen LogP contribution in [0.25, 0.3) is 0 Å². The molecule has 100 valence electrons. The summed E-state index contributed by atoms with van der Waals surface area (Å²) in [6.45, 7) is 4.21. The summed E-state index contributed by atoms with van der Waals surface area (Å²) in [4.78, 5) is 0. The molecule has 3 heteroatoms. The number of rotatable bonds is 4. The number of hydrogen-bond acceptors (Lipinski definition) is 1. The van der Waals surface area contributed by atoms with Gasteiger partial charge in [0.1, 0.15) is 5.82 Å². The van der Waals surface area contributed by atoms with Crippen molar-refractivity contribution >= 4 is 15.9 Å². The SMILES string of the molecule is CC(N[C@@H](C)c1ccccc1Br)c1ccc(F)cc1. The molecule has 1 unspecified atom stereocenters. The Morgan fingerprint density at radius 3 is 2.21 bits per heavy atom. The Labute approximate surface area is 122 Å². The molecular weight excluding hydrogens is 305 g/mol. The second-order valence-electron chi connectivity index (χ2n) is 4.68. The van der Waals surface area contributed by atoms with Crippen LogP contribution >= 0.6 is 15.9 Å². The van der Waals surface area contributed by atoms with E-state index in [0.29, 0.717) is 0 Å². The summed E-state index contributed by atoms with van der Waals surface area (Å²) in [6.07, 6.45) is 0. The predicted octanol–water partition coefficient (Wildman–Crippen LogP) is 5.00. The second-order valence-corrected chi connectivity index (χ2v) is 5.54. The standard InChI is InChI=1S/C16H17BrFN/c1-11(13-7-9-14(18)10-8-13)19-12(2)15-5-3-4-6-16(15)17/h3-12,19H,1-2H3/t11?,12-/m0/s1. The second kappa shape index (κ2) is 6.31. The third kappa shape index (κ3) is 3.64. The Hall–Kier alpha value is -1.19. The fraction of sp³-hybridized carbons (Fsp3) is 0.250. The molecule has 0 saturated carbocycles. The van der Waals surface area contributed by atoms with Gasteiger partial charge in [-0.25, -0.2) is 4.39 Å². The van der Waals surface area contributed by atoms with Gasteiger partial charge in [-0.1, -0.05) is 46.3 Å². The van der Waals surface area contributed by atoms with Crippen molar-refractivity contribution in [2.75, 3.05) is 0 Å². The summed E-state index contributed by atoms with van der Waals surface area (Å²) >= 11 is 3.56. The number of nitrogens with one attached hydrogen (secondary N) is 1. The molecule has 2 rings (SSSR count). The Morgan fingerprint density at radius 1 is 0.947 bits per heavy atom. The third-order valence-electron chi connectivity index (χ3n) is 3.24. The molecule has 1 N–H and O–H groups in total. The maximum atomic E-state index is 12.9. The van der Waals surface area contributed by atoms with Crippen molar-refractivity contribution in [2.24, 2.45) is 0 Å². The van der Waals surface area contributed by atoms with Crippen LogP contribution in [0.2, 0.25) is 0 Å². The fourth-order valence-electron chi connectivity index (χ4n) is 2.14. The molecule has 0 aliphatic heterocycles. The highest BCUT2D eigenvalue weighted by Gasteiger charge is 2.13. The van der Waals surface area contributed by atoms with E-state index in [9.17, 15) is 4.39 Å². The van der Waals surface area contributed by atoms with Crippen LogP contribution in [0.4, 0.5) is 4.39 Å². The molecule has 0 spiro atoms. The lowest BCUT2D eigenvalue weighted by atomic mass is 10.0. The molecule has 0 amide bonds. The number of hydrogen-bond donors (Lipinski definition) is 1. The summed E-state index contributed by atoms with van der Waals surface area (Å²) in [5.74, 6) is -0.199. The van der Waals surface area contributed by atoms with Crippen molar-refractivity contribution in [3.05, 3.63) is 69.9 Å². The molecule has 0 saturated heterocycles. The molecule has 0 bridgehead atoms. The summed E-state index contributed by atoms with van der Waals surface area (Å²) in [7, 11) is 0. The van der Waals surface area contributed by atoms with Crippen LogP contribution in [0, 0.1) is 5.82 Å². The highest BCUT2D eigenvalue weighted by molar-refractivity contribution is 9.10. The van der Waals surface area contributed by atoms with Crippen LogP contribution in [0.5, 0.6) is 0 Å². The number of halogens is 2. The first-order chi connectivity index (χ1) is 9.08. The lowest BCUT2D eigenvalue weighted by Gasteiger charge is -2.21. The van der Waals surface area contributed by atoms with Crippen LogP contribution < -0.4 is 5.32 Å². The Morgan fingerprint density at radius 2 is 1.58 bits per heavy atom. The third-order valence-corrected chi connectivity index (χ3v) is 3.96. The molecule has 0 aromatic heterocycles. The van der Waals surface area contributed by atoms with Crippen molar-refractivity contribution < 1.29 is 4.39 Å². The van der Waals surface area contributed by atoms with Gasteiger partial charge in [0.25, 0.3) is 0 Å². The minimum atomic E-state index is -0.199. The van der Waals surface area contributed by atoms with E-state index in [4.69, 9.17) is 0 Å². The molecule has 1 nitrogen and oxygen atoms in total. The molecule has 0 radical (unpaired) electrons. The molecule has 19 heavy (non-hydrogen) atoms. The molecule has 0 fully saturated rings. The Bertz CT molecular complexity index is 539. The first kappa shape index (κ1) is 14.2. The van der Waals surface area contributed by atoms with Crippen molar-refractivity contribution in [1.82, 2.24) is 5.32 Å². The minimum Gasteiger partial charge on any atom is -0.304 e. The van der Waals surface area contributed by atoms with E-state index in [0.717, 1.165) is 10.0 Å². The van der Waals surface area contributed by atoms with Crippen LogP contribution in [0.3, 0.4) is 0 Å². The molecule has 0 aliphatic rings. The molecule has 2 aromatic rings. The van der Waals surface area contributed by atoms with Crippen LogP contribution in [-0.4, -0.2) is 0 Å². The smallest absolute Gasteiger partial charge is 0.123 e. The minimum absolute atomic E-state index is 0.169. The maximum Gasteiger partial charge on any atom is 0.123 e. The van der Waals surface area contributed by atoms with Gasteiger partial charge in [0.05, 0.1) is 0 Å². The van der Waals surface area contributed by atoms with E-state index in [-0.39, 0.29) is 17.9 Å². The average Bonchev–Trinajstić information content (AvgIpc) is 2.39.